The van der Waals surface area contributed by atoms with E-state index in [0.29, 0.717) is 25.7 Å². The molecule has 6 amide bonds. The average Bonchev–Trinajstić information content (AvgIpc) is 3.67. The molecule has 323 valence electrons. The second kappa shape index (κ2) is 15.0. The fourth-order valence-corrected chi connectivity index (χ4v) is 12.8. The van der Waals surface area contributed by atoms with Crippen molar-refractivity contribution >= 4 is 35.4 Å². The molecule has 0 bridgehead atoms. The van der Waals surface area contributed by atoms with Crippen LogP contribution in [0.5, 0.6) is 0 Å². The van der Waals surface area contributed by atoms with E-state index in [2.05, 4.69) is 66.0 Å². The van der Waals surface area contributed by atoms with Crippen molar-refractivity contribution in [2.24, 2.45) is 23.7 Å². The van der Waals surface area contributed by atoms with Gasteiger partial charge in [0.15, 0.2) is 0 Å². The number of imide groups is 3. The van der Waals surface area contributed by atoms with Gasteiger partial charge in [-0.2, -0.15) is 0 Å². The van der Waals surface area contributed by atoms with E-state index in [-0.39, 0.29) is 88.9 Å². The van der Waals surface area contributed by atoms with Crippen LogP contribution in [0.1, 0.15) is 125 Å². The Hall–Kier alpha value is -4.22. The predicted octanol–water partition coefficient (Wildman–Crippen LogP) is 6.10. The molecule has 11 nitrogen and oxygen atoms in total. The third kappa shape index (κ3) is 7.89. The van der Waals surface area contributed by atoms with E-state index in [1.165, 1.54) is 28.2 Å². The maximum Gasteiger partial charge on any atom is 0.234 e. The number of nitrogens with zero attached hydrogens (tertiary/aromatic N) is 3. The molecule has 60 heavy (non-hydrogen) atoms. The van der Waals surface area contributed by atoms with Crippen molar-refractivity contribution in [1.29, 1.82) is 0 Å². The van der Waals surface area contributed by atoms with Gasteiger partial charge < -0.3 is 10.6 Å². The topological polar surface area (TPSA) is 136 Å². The number of carbonyl (C=O) groups is 6. The number of nitrogens with one attached hydrogen (secondary N) is 2. The zero-order valence-electron chi connectivity index (χ0n) is 37.6. The van der Waals surface area contributed by atoms with Crippen LogP contribution in [-0.4, -0.2) is 91.4 Å². The Morgan fingerprint density at radius 3 is 1.52 bits per heavy atom. The van der Waals surface area contributed by atoms with Gasteiger partial charge in [0.1, 0.15) is 0 Å². The van der Waals surface area contributed by atoms with Crippen molar-refractivity contribution in [3.8, 4) is 0 Å². The van der Waals surface area contributed by atoms with Crippen LogP contribution in [0.3, 0.4) is 0 Å². The molecule has 5 aliphatic rings. The summed E-state index contributed by atoms with van der Waals surface area (Å²) in [5.74, 6) is -5.22. The molecule has 6 unspecified atom stereocenters. The first-order valence-corrected chi connectivity index (χ1v) is 21.9. The summed E-state index contributed by atoms with van der Waals surface area (Å²) >= 11 is 0. The van der Waals surface area contributed by atoms with Crippen molar-refractivity contribution < 1.29 is 28.8 Å². The van der Waals surface area contributed by atoms with Gasteiger partial charge >= 0.3 is 0 Å². The van der Waals surface area contributed by atoms with Crippen LogP contribution in [0.25, 0.3) is 0 Å². The van der Waals surface area contributed by atoms with Gasteiger partial charge in [0.25, 0.3) is 0 Å². The molecule has 5 aliphatic heterocycles. The molecular formula is C49H66N5O6. The Balaban J connectivity index is 1.26. The summed E-state index contributed by atoms with van der Waals surface area (Å²) in [6, 6.07) is 18.5. The lowest BCUT2D eigenvalue weighted by atomic mass is 9.58. The van der Waals surface area contributed by atoms with Crippen LogP contribution in [-0.2, 0) is 39.6 Å². The fraction of sp³-hybridized carbons (Fsp3) is 0.612. The summed E-state index contributed by atoms with van der Waals surface area (Å²) in [7, 11) is 1.51. The lowest BCUT2D eigenvalue weighted by Crippen LogP contribution is -2.63. The van der Waals surface area contributed by atoms with Gasteiger partial charge in [-0.3, -0.25) is 43.5 Å². The van der Waals surface area contributed by atoms with Gasteiger partial charge in [-0.05, 0) is 105 Å². The number of benzene rings is 2. The Morgan fingerprint density at radius 2 is 1.03 bits per heavy atom. The summed E-state index contributed by atoms with van der Waals surface area (Å²) in [6.45, 7) is 20.7. The summed E-state index contributed by atoms with van der Waals surface area (Å²) in [5.41, 5.74) is -1.72. The van der Waals surface area contributed by atoms with Crippen molar-refractivity contribution in [3.63, 3.8) is 0 Å². The maximum absolute atomic E-state index is 14.9. The zero-order chi connectivity index (χ0) is 44.0. The zero-order valence-corrected chi connectivity index (χ0v) is 37.6. The Morgan fingerprint density at radius 1 is 0.583 bits per heavy atom. The molecule has 0 aromatic heterocycles. The molecule has 0 saturated carbocycles. The van der Waals surface area contributed by atoms with E-state index < -0.39 is 34.5 Å². The molecule has 2 N–H and O–H groups in total. The largest absolute Gasteiger partial charge is 0.307 e. The van der Waals surface area contributed by atoms with Gasteiger partial charge in [0.2, 0.25) is 35.4 Å². The summed E-state index contributed by atoms with van der Waals surface area (Å²) in [6.07, 6.45) is 4.20. The first kappa shape index (κ1) is 43.9. The number of piperidine rings is 2. The molecule has 7 rings (SSSR count). The first-order valence-electron chi connectivity index (χ1n) is 21.9. The molecule has 5 fully saturated rings. The minimum absolute atomic E-state index is 0.00584. The van der Waals surface area contributed by atoms with Crippen LogP contribution in [0.4, 0.5) is 0 Å². The van der Waals surface area contributed by atoms with E-state index in [0.717, 1.165) is 11.1 Å². The number of carbonyl (C=O) groups excluding carboxylic acids is 6. The van der Waals surface area contributed by atoms with Crippen LogP contribution in [0.15, 0.2) is 60.7 Å². The molecule has 1 radical (unpaired) electrons. The van der Waals surface area contributed by atoms with E-state index in [4.69, 9.17) is 0 Å². The molecule has 5 heterocycles. The number of hydrogen-bond acceptors (Lipinski definition) is 8. The number of hydrogen-bond donors (Lipinski definition) is 2. The molecule has 0 aliphatic carbocycles. The highest BCUT2D eigenvalue weighted by Gasteiger charge is 2.61. The normalized spacial score (nSPS) is 30.3. The second-order valence-electron chi connectivity index (χ2n) is 21.9. The maximum atomic E-state index is 14.9. The monoisotopic (exact) mass is 821 g/mol. The number of amides is 6. The van der Waals surface area contributed by atoms with Gasteiger partial charge in [0.05, 0.1) is 30.1 Å². The molecule has 6 atom stereocenters. The van der Waals surface area contributed by atoms with Crippen molar-refractivity contribution in [2.45, 2.75) is 159 Å². The van der Waals surface area contributed by atoms with E-state index in [9.17, 15) is 28.8 Å². The molecule has 0 spiro atoms. The average molecular weight is 821 g/mol. The number of likely N-dealkylation sites (tertiary alicyclic amines) is 3. The molecule has 2 aromatic rings. The van der Waals surface area contributed by atoms with Crippen molar-refractivity contribution in [3.05, 3.63) is 78.2 Å². The van der Waals surface area contributed by atoms with Crippen molar-refractivity contribution in [1.82, 2.24) is 25.3 Å². The Labute approximate surface area is 356 Å². The SMILES string of the molecule is CN1C(=O)C(CC(C)(c2ccccc2)C2CC(=O)N(C3CC(C)(C)NC(C)(C)C3)C2=O)C(C(C)(CC2[CH]C(=O)N(C3CC(C)(C)NC(C)(C)C3)C2=O)c2ccccc2)C1=O. The highest BCUT2D eigenvalue weighted by Crippen LogP contribution is 2.53. The lowest BCUT2D eigenvalue weighted by Gasteiger charge is -2.48. The summed E-state index contributed by atoms with van der Waals surface area (Å²) in [4.78, 5) is 91.1. The standard InChI is InChI=1S/C49H66N5O6/c1-44(2)25-33(26-45(3,4)50-44)53-37(55)22-30(40(53)57)24-49(10,32-20-16-13-17-21-32)39-35(41(58)52(11)43(39)60)29-48(9,31-18-14-12-15-19-31)36-23-38(56)54(42(36)59)34-27-46(5,6)51-47(7,8)28-34/h12-22,30,33-36,39,50-51H,23-29H2,1-11H3. The lowest BCUT2D eigenvalue weighted by molar-refractivity contribution is -0.146. The predicted molar refractivity (Wildman–Crippen MR) is 230 cm³/mol. The smallest absolute Gasteiger partial charge is 0.234 e. The van der Waals surface area contributed by atoms with E-state index in [1.54, 1.807) is 0 Å². The Kier molecular flexibility index (Phi) is 11.0. The second-order valence-corrected chi connectivity index (χ2v) is 21.9. The van der Waals surface area contributed by atoms with Gasteiger partial charge in [-0.15, -0.1) is 0 Å². The van der Waals surface area contributed by atoms with Crippen LogP contribution in [0, 0.1) is 30.1 Å². The molecule has 5 saturated heterocycles. The first-order chi connectivity index (χ1) is 27.8. The quantitative estimate of drug-likeness (QED) is 0.275. The van der Waals surface area contributed by atoms with Crippen LogP contribution < -0.4 is 10.6 Å². The summed E-state index contributed by atoms with van der Waals surface area (Å²) < 4.78 is 0. The van der Waals surface area contributed by atoms with Crippen LogP contribution >= 0.6 is 0 Å². The third-order valence-electron chi connectivity index (χ3n) is 14.6. The van der Waals surface area contributed by atoms with Gasteiger partial charge in [-0.25, -0.2) is 0 Å². The fourth-order valence-electron chi connectivity index (χ4n) is 12.8. The van der Waals surface area contributed by atoms with Crippen molar-refractivity contribution in [2.75, 3.05) is 7.05 Å². The van der Waals surface area contributed by atoms with E-state index >= 15 is 0 Å². The van der Waals surface area contributed by atoms with Gasteiger partial charge in [0, 0.05) is 58.5 Å². The molecule has 2 aromatic carbocycles. The minimum Gasteiger partial charge on any atom is -0.307 e. The molecular weight excluding hydrogens is 755 g/mol. The van der Waals surface area contributed by atoms with Gasteiger partial charge in [-0.1, -0.05) is 74.5 Å². The van der Waals surface area contributed by atoms with Crippen LogP contribution in [0.2, 0.25) is 0 Å². The molecule has 11 heteroatoms. The highest BCUT2D eigenvalue weighted by molar-refractivity contribution is 6.10. The highest BCUT2D eigenvalue weighted by atomic mass is 16.2. The third-order valence-corrected chi connectivity index (χ3v) is 14.6. The minimum atomic E-state index is -1.09. The number of rotatable bonds is 10. The summed E-state index contributed by atoms with van der Waals surface area (Å²) in [5, 5.41) is 7.31. The Bertz CT molecular complexity index is 2030. The van der Waals surface area contributed by atoms with E-state index in [1.807, 2.05) is 74.5 Å².